The van der Waals surface area contributed by atoms with Crippen LogP contribution in [-0.2, 0) is 6.42 Å². The molecule has 0 aliphatic carbocycles. The first-order valence-corrected chi connectivity index (χ1v) is 6.45. The Bertz CT molecular complexity index is 639. The van der Waals surface area contributed by atoms with E-state index < -0.39 is 10.8 Å². The van der Waals surface area contributed by atoms with Crippen LogP contribution in [0.25, 0.3) is 0 Å². The fraction of sp³-hybridized carbons (Fsp3) is 0.308. The second-order valence-electron chi connectivity index (χ2n) is 4.57. The smallest absolute Gasteiger partial charge is 0.282 e. The van der Waals surface area contributed by atoms with Crippen LogP contribution in [0.5, 0.6) is 0 Å². The van der Waals surface area contributed by atoms with Crippen molar-refractivity contribution in [1.82, 2.24) is 20.5 Å². The third-order valence-electron chi connectivity index (χ3n) is 2.93. The molecule has 8 nitrogen and oxygen atoms in total. The average molecular weight is 289 g/mol. The van der Waals surface area contributed by atoms with Gasteiger partial charge in [-0.05, 0) is 25.0 Å². The van der Waals surface area contributed by atoms with E-state index in [0.717, 1.165) is 11.4 Å². The number of H-pyrrole nitrogens is 1. The average Bonchev–Trinajstić information content (AvgIpc) is 2.96. The summed E-state index contributed by atoms with van der Waals surface area (Å²) in [5.41, 5.74) is 0.695. The van der Waals surface area contributed by atoms with Crippen LogP contribution in [-0.4, -0.2) is 32.6 Å². The van der Waals surface area contributed by atoms with E-state index in [1.807, 2.05) is 0 Å². The Morgan fingerprint density at radius 3 is 2.95 bits per heavy atom. The number of hydrogen-bond donors (Lipinski definition) is 2. The van der Waals surface area contributed by atoms with Gasteiger partial charge in [0.05, 0.1) is 4.92 Å². The molecular formula is C13H15N5O3. The maximum atomic E-state index is 12.0. The van der Waals surface area contributed by atoms with E-state index in [2.05, 4.69) is 20.5 Å². The van der Waals surface area contributed by atoms with Crippen LogP contribution in [0.1, 0.15) is 28.2 Å². The lowest BCUT2D eigenvalue weighted by molar-refractivity contribution is -0.385. The molecule has 1 amide bonds. The molecule has 1 aromatic carbocycles. The number of benzene rings is 1. The SMILES string of the molecule is Cc1ccc([N+](=O)[O-])c(C(=O)NCCCc2ncn[nH]2)c1. The second kappa shape index (κ2) is 6.60. The standard InChI is InChI=1S/C13H15N5O3/c1-9-4-5-11(18(20)21)10(7-9)13(19)14-6-2-3-12-15-8-16-17-12/h4-5,7-8H,2-3,6H2,1H3,(H,14,19)(H,15,16,17). The summed E-state index contributed by atoms with van der Waals surface area (Å²) in [4.78, 5) is 26.4. The van der Waals surface area contributed by atoms with Crippen molar-refractivity contribution in [2.24, 2.45) is 0 Å². The molecule has 1 heterocycles. The summed E-state index contributed by atoms with van der Waals surface area (Å²) in [6.45, 7) is 2.19. The van der Waals surface area contributed by atoms with Gasteiger partial charge in [0.1, 0.15) is 17.7 Å². The maximum absolute atomic E-state index is 12.0. The van der Waals surface area contributed by atoms with Crippen molar-refractivity contribution in [3.8, 4) is 0 Å². The zero-order valence-corrected chi connectivity index (χ0v) is 11.5. The van der Waals surface area contributed by atoms with Crippen LogP contribution >= 0.6 is 0 Å². The van der Waals surface area contributed by atoms with Crippen molar-refractivity contribution >= 4 is 11.6 Å². The van der Waals surface area contributed by atoms with Gasteiger partial charge >= 0.3 is 0 Å². The van der Waals surface area contributed by atoms with Gasteiger partial charge in [0.2, 0.25) is 0 Å². The Balaban J connectivity index is 1.93. The molecule has 1 aromatic heterocycles. The lowest BCUT2D eigenvalue weighted by Crippen LogP contribution is -2.25. The van der Waals surface area contributed by atoms with Gasteiger partial charge in [-0.2, -0.15) is 5.10 Å². The van der Waals surface area contributed by atoms with E-state index in [4.69, 9.17) is 0 Å². The number of carbonyl (C=O) groups excluding carboxylic acids is 1. The second-order valence-corrected chi connectivity index (χ2v) is 4.57. The van der Waals surface area contributed by atoms with Gasteiger partial charge in [0, 0.05) is 19.0 Å². The summed E-state index contributed by atoms with van der Waals surface area (Å²) >= 11 is 0. The van der Waals surface area contributed by atoms with Crippen molar-refractivity contribution in [2.75, 3.05) is 6.54 Å². The Hall–Kier alpha value is -2.77. The first-order valence-electron chi connectivity index (χ1n) is 6.45. The number of amides is 1. The van der Waals surface area contributed by atoms with Gasteiger partial charge in [-0.15, -0.1) is 0 Å². The number of carbonyl (C=O) groups is 1. The number of nitro benzene ring substituents is 1. The zero-order valence-electron chi connectivity index (χ0n) is 11.5. The molecule has 0 unspecified atom stereocenters. The molecule has 110 valence electrons. The highest BCUT2D eigenvalue weighted by Crippen LogP contribution is 2.19. The minimum atomic E-state index is -0.553. The summed E-state index contributed by atoms with van der Waals surface area (Å²) in [5.74, 6) is 0.300. The number of aryl methyl sites for hydroxylation is 2. The van der Waals surface area contributed by atoms with E-state index in [1.165, 1.54) is 18.5 Å². The molecule has 0 spiro atoms. The molecule has 0 atom stereocenters. The van der Waals surface area contributed by atoms with Crippen LogP contribution in [0.4, 0.5) is 5.69 Å². The lowest BCUT2D eigenvalue weighted by Gasteiger charge is -2.06. The number of aromatic nitrogens is 3. The van der Waals surface area contributed by atoms with Crippen molar-refractivity contribution in [3.63, 3.8) is 0 Å². The minimum absolute atomic E-state index is 0.0830. The van der Waals surface area contributed by atoms with Crippen molar-refractivity contribution in [3.05, 3.63) is 51.6 Å². The van der Waals surface area contributed by atoms with Crippen LogP contribution in [0, 0.1) is 17.0 Å². The molecule has 0 fully saturated rings. The summed E-state index contributed by atoms with van der Waals surface area (Å²) < 4.78 is 0. The van der Waals surface area contributed by atoms with E-state index in [9.17, 15) is 14.9 Å². The largest absolute Gasteiger partial charge is 0.352 e. The van der Waals surface area contributed by atoms with Gasteiger partial charge in [0.25, 0.3) is 11.6 Å². The Morgan fingerprint density at radius 2 is 2.29 bits per heavy atom. The molecule has 2 N–H and O–H groups in total. The molecule has 0 saturated carbocycles. The summed E-state index contributed by atoms with van der Waals surface area (Å²) in [6.07, 6.45) is 2.74. The van der Waals surface area contributed by atoms with Gasteiger partial charge < -0.3 is 5.32 Å². The first-order chi connectivity index (χ1) is 10.1. The van der Waals surface area contributed by atoms with Crippen molar-refractivity contribution in [2.45, 2.75) is 19.8 Å². The van der Waals surface area contributed by atoms with Crippen molar-refractivity contribution in [1.29, 1.82) is 0 Å². The van der Waals surface area contributed by atoms with E-state index in [1.54, 1.807) is 13.0 Å². The molecule has 0 bridgehead atoms. The molecule has 2 rings (SSSR count). The molecule has 0 saturated heterocycles. The van der Waals surface area contributed by atoms with Gasteiger partial charge in [-0.3, -0.25) is 20.0 Å². The minimum Gasteiger partial charge on any atom is -0.352 e. The lowest BCUT2D eigenvalue weighted by atomic mass is 10.1. The quantitative estimate of drug-likeness (QED) is 0.474. The molecule has 0 aliphatic rings. The first kappa shape index (κ1) is 14.6. The topological polar surface area (TPSA) is 114 Å². The van der Waals surface area contributed by atoms with Crippen LogP contribution < -0.4 is 5.32 Å². The third kappa shape index (κ3) is 3.85. The fourth-order valence-electron chi connectivity index (χ4n) is 1.90. The summed E-state index contributed by atoms with van der Waals surface area (Å²) in [6, 6.07) is 4.47. The van der Waals surface area contributed by atoms with E-state index in [-0.39, 0.29) is 11.3 Å². The normalized spacial score (nSPS) is 10.3. The van der Waals surface area contributed by atoms with Gasteiger partial charge in [-0.25, -0.2) is 4.98 Å². The van der Waals surface area contributed by atoms with E-state index >= 15 is 0 Å². The molecule has 0 radical (unpaired) electrons. The Morgan fingerprint density at radius 1 is 1.48 bits per heavy atom. The predicted molar refractivity (Wildman–Crippen MR) is 74.9 cm³/mol. The number of nitrogens with zero attached hydrogens (tertiary/aromatic N) is 3. The zero-order chi connectivity index (χ0) is 15.2. The molecule has 2 aromatic rings. The highest BCUT2D eigenvalue weighted by molar-refractivity contribution is 5.98. The Labute approximate surface area is 120 Å². The van der Waals surface area contributed by atoms with Gasteiger partial charge in [0.15, 0.2) is 0 Å². The fourth-order valence-corrected chi connectivity index (χ4v) is 1.90. The number of hydrogen-bond acceptors (Lipinski definition) is 5. The van der Waals surface area contributed by atoms with E-state index in [0.29, 0.717) is 19.4 Å². The maximum Gasteiger partial charge on any atom is 0.282 e. The summed E-state index contributed by atoms with van der Waals surface area (Å²) in [7, 11) is 0. The molecular weight excluding hydrogens is 274 g/mol. The van der Waals surface area contributed by atoms with Crippen LogP contribution in [0.2, 0.25) is 0 Å². The predicted octanol–water partition coefficient (Wildman–Crippen LogP) is 1.38. The van der Waals surface area contributed by atoms with Crippen LogP contribution in [0.3, 0.4) is 0 Å². The van der Waals surface area contributed by atoms with Gasteiger partial charge in [-0.1, -0.05) is 6.07 Å². The molecule has 21 heavy (non-hydrogen) atoms. The summed E-state index contributed by atoms with van der Waals surface area (Å²) in [5, 5.41) is 20.1. The number of aromatic amines is 1. The monoisotopic (exact) mass is 289 g/mol. The highest BCUT2D eigenvalue weighted by Gasteiger charge is 2.19. The number of nitro groups is 1. The highest BCUT2D eigenvalue weighted by atomic mass is 16.6. The number of nitrogens with one attached hydrogen (secondary N) is 2. The molecule has 8 heteroatoms. The van der Waals surface area contributed by atoms with Crippen molar-refractivity contribution < 1.29 is 9.72 Å². The van der Waals surface area contributed by atoms with Crippen LogP contribution in [0.15, 0.2) is 24.5 Å². The third-order valence-corrected chi connectivity index (χ3v) is 2.93. The Kier molecular flexibility index (Phi) is 4.60. The molecule has 0 aliphatic heterocycles. The number of rotatable bonds is 6.